The quantitative estimate of drug-likeness (QED) is 0.656. The molecule has 146 valence electrons. The molecule has 4 rings (SSSR count). The maximum atomic E-state index is 12.4. The van der Waals surface area contributed by atoms with Gasteiger partial charge in [-0.05, 0) is 55.0 Å². The average Bonchev–Trinajstić information content (AvgIpc) is 3.00. The topological polar surface area (TPSA) is 87.3 Å². The average molecular weight is 416 g/mol. The van der Waals surface area contributed by atoms with Crippen LogP contribution in [-0.2, 0) is 17.6 Å². The molecule has 0 saturated carbocycles. The smallest absolute Gasteiger partial charge is 0.279 e. The summed E-state index contributed by atoms with van der Waals surface area (Å²) in [7, 11) is 0. The van der Waals surface area contributed by atoms with Gasteiger partial charge in [0, 0.05) is 27.5 Å². The number of carbonyl (C=O) groups is 3. The summed E-state index contributed by atoms with van der Waals surface area (Å²) in [6.45, 7) is 2.22. The molecule has 0 fully saturated rings. The van der Waals surface area contributed by atoms with Gasteiger partial charge in [-0.25, -0.2) is 0 Å². The monoisotopic (exact) mass is 415 g/mol. The largest absolute Gasteiger partial charge is 0.325 e. The van der Waals surface area contributed by atoms with Crippen LogP contribution >= 0.6 is 23.1 Å². The molecule has 0 unspecified atom stereocenters. The highest BCUT2D eigenvalue weighted by molar-refractivity contribution is 7.99. The molecule has 3 N–H and O–H groups in total. The highest BCUT2D eigenvalue weighted by Crippen LogP contribution is 2.32. The zero-order valence-corrected chi connectivity index (χ0v) is 17.1. The maximum Gasteiger partial charge on any atom is 0.279 e. The van der Waals surface area contributed by atoms with Gasteiger partial charge < -0.3 is 5.32 Å². The Balaban J connectivity index is 1.40. The fourth-order valence-corrected chi connectivity index (χ4v) is 5.47. The zero-order chi connectivity index (χ0) is 19.7. The summed E-state index contributed by atoms with van der Waals surface area (Å²) in [4.78, 5) is 39.4. The van der Waals surface area contributed by atoms with Crippen LogP contribution in [0.4, 0.5) is 5.69 Å². The van der Waals surface area contributed by atoms with Gasteiger partial charge in [-0.3, -0.25) is 25.2 Å². The lowest BCUT2D eigenvalue weighted by atomic mass is 9.90. The van der Waals surface area contributed by atoms with Crippen LogP contribution in [0.5, 0.6) is 0 Å². The molecule has 0 radical (unpaired) electrons. The second-order valence-corrected chi connectivity index (χ2v) is 9.45. The first-order valence-corrected chi connectivity index (χ1v) is 11.1. The fraction of sp³-hybridized carbons (Fsp3) is 0.350. The van der Waals surface area contributed by atoms with Gasteiger partial charge in [-0.15, -0.1) is 23.1 Å². The van der Waals surface area contributed by atoms with Gasteiger partial charge in [0.25, 0.3) is 11.8 Å². The SMILES string of the molecule is C[C@@H]1CCc2sc(C(=O)NNC(=O)c3ccc4c(c3)NC(=O)CCS4)cc2C1. The van der Waals surface area contributed by atoms with Crippen molar-refractivity contribution in [3.05, 3.63) is 45.1 Å². The Morgan fingerprint density at radius 1 is 1.14 bits per heavy atom. The number of nitrogens with one attached hydrogen (secondary N) is 3. The predicted octanol–water partition coefficient (Wildman–Crippen LogP) is 3.38. The van der Waals surface area contributed by atoms with E-state index in [2.05, 4.69) is 23.1 Å². The summed E-state index contributed by atoms with van der Waals surface area (Å²) < 4.78 is 0. The molecule has 0 bridgehead atoms. The second kappa shape index (κ2) is 7.97. The minimum absolute atomic E-state index is 0.0620. The third-order valence-electron chi connectivity index (χ3n) is 4.95. The molecule has 28 heavy (non-hydrogen) atoms. The van der Waals surface area contributed by atoms with Crippen LogP contribution < -0.4 is 16.2 Å². The van der Waals surface area contributed by atoms with E-state index in [0.29, 0.717) is 34.2 Å². The van der Waals surface area contributed by atoms with Gasteiger partial charge in [0.2, 0.25) is 5.91 Å². The lowest BCUT2D eigenvalue weighted by Crippen LogP contribution is -2.41. The first-order chi connectivity index (χ1) is 13.5. The van der Waals surface area contributed by atoms with E-state index < -0.39 is 5.91 Å². The number of carbonyl (C=O) groups excluding carboxylic acids is 3. The molecule has 3 amide bonds. The van der Waals surface area contributed by atoms with Crippen molar-refractivity contribution in [3.8, 4) is 0 Å². The summed E-state index contributed by atoms with van der Waals surface area (Å²) in [6.07, 6.45) is 3.61. The summed E-state index contributed by atoms with van der Waals surface area (Å²) >= 11 is 3.08. The van der Waals surface area contributed by atoms with Gasteiger partial charge >= 0.3 is 0 Å². The highest BCUT2D eigenvalue weighted by atomic mass is 32.2. The number of aryl methyl sites for hydroxylation is 1. The number of thioether (sulfide) groups is 1. The first-order valence-electron chi connectivity index (χ1n) is 9.28. The van der Waals surface area contributed by atoms with Crippen LogP contribution in [-0.4, -0.2) is 23.5 Å². The van der Waals surface area contributed by atoms with Crippen LogP contribution in [0.3, 0.4) is 0 Å². The van der Waals surface area contributed by atoms with Crippen molar-refractivity contribution in [1.82, 2.24) is 10.9 Å². The highest BCUT2D eigenvalue weighted by Gasteiger charge is 2.21. The molecule has 1 aromatic carbocycles. The van der Waals surface area contributed by atoms with Crippen LogP contribution in [0.15, 0.2) is 29.2 Å². The molecule has 1 aliphatic carbocycles. The Morgan fingerprint density at radius 3 is 2.82 bits per heavy atom. The molecule has 2 aliphatic rings. The zero-order valence-electron chi connectivity index (χ0n) is 15.5. The van der Waals surface area contributed by atoms with E-state index in [1.54, 1.807) is 23.9 Å². The molecular formula is C20H21N3O3S2. The standard InChI is InChI=1S/C20H21N3O3S2/c1-11-2-4-15-13(8-11)10-17(28-15)20(26)23-22-19(25)12-3-5-16-14(9-12)21-18(24)6-7-27-16/h3,5,9-11H,2,4,6-8H2,1H3,(H,21,24)(H,22,25)(H,23,26)/t11-/m1/s1. The number of rotatable bonds is 2. The van der Waals surface area contributed by atoms with Crippen LogP contribution in [0, 0.1) is 5.92 Å². The molecule has 6 nitrogen and oxygen atoms in total. The van der Waals surface area contributed by atoms with E-state index in [1.165, 1.54) is 21.8 Å². The molecule has 1 aliphatic heterocycles. The van der Waals surface area contributed by atoms with Crippen molar-refractivity contribution in [2.75, 3.05) is 11.1 Å². The summed E-state index contributed by atoms with van der Waals surface area (Å²) in [6, 6.07) is 7.08. The third-order valence-corrected chi connectivity index (χ3v) is 7.26. The third kappa shape index (κ3) is 4.07. The first kappa shape index (κ1) is 19.0. The second-order valence-electron chi connectivity index (χ2n) is 7.17. The lowest BCUT2D eigenvalue weighted by Gasteiger charge is -2.16. The molecule has 1 aromatic heterocycles. The van der Waals surface area contributed by atoms with Crippen molar-refractivity contribution < 1.29 is 14.4 Å². The molecule has 0 saturated heterocycles. The number of hydrogen-bond acceptors (Lipinski definition) is 5. The van der Waals surface area contributed by atoms with E-state index in [9.17, 15) is 14.4 Å². The van der Waals surface area contributed by atoms with Crippen LogP contribution in [0.2, 0.25) is 0 Å². The maximum absolute atomic E-state index is 12.4. The minimum atomic E-state index is -0.422. The Morgan fingerprint density at radius 2 is 1.96 bits per heavy atom. The van der Waals surface area contributed by atoms with Crippen LogP contribution in [0.1, 0.15) is 50.2 Å². The number of hydrazine groups is 1. The van der Waals surface area contributed by atoms with Gasteiger partial charge in [0.15, 0.2) is 0 Å². The number of amides is 3. The summed E-state index contributed by atoms with van der Waals surface area (Å²) in [5.41, 5.74) is 7.22. The van der Waals surface area contributed by atoms with Gasteiger partial charge in [-0.2, -0.15) is 0 Å². The van der Waals surface area contributed by atoms with E-state index in [1.807, 2.05) is 12.1 Å². The van der Waals surface area contributed by atoms with E-state index in [-0.39, 0.29) is 11.8 Å². The van der Waals surface area contributed by atoms with Gasteiger partial charge in [-0.1, -0.05) is 6.92 Å². The summed E-state index contributed by atoms with van der Waals surface area (Å²) in [5, 5.41) is 2.81. The van der Waals surface area contributed by atoms with Crippen molar-refractivity contribution in [3.63, 3.8) is 0 Å². The Kier molecular flexibility index (Phi) is 5.41. The number of hydrogen-bond donors (Lipinski definition) is 3. The minimum Gasteiger partial charge on any atom is -0.325 e. The van der Waals surface area contributed by atoms with Gasteiger partial charge in [0.1, 0.15) is 0 Å². The van der Waals surface area contributed by atoms with Crippen molar-refractivity contribution in [1.29, 1.82) is 0 Å². The predicted molar refractivity (Wildman–Crippen MR) is 111 cm³/mol. The molecule has 2 aromatic rings. The van der Waals surface area contributed by atoms with Crippen molar-refractivity contribution in [2.24, 2.45) is 5.92 Å². The number of thiophene rings is 1. The van der Waals surface area contributed by atoms with E-state index >= 15 is 0 Å². The van der Waals surface area contributed by atoms with Gasteiger partial charge in [0.05, 0.1) is 10.6 Å². The number of fused-ring (bicyclic) bond motifs is 2. The Hall–Kier alpha value is -2.32. The Bertz CT molecular complexity index is 954. The van der Waals surface area contributed by atoms with E-state index in [0.717, 1.165) is 24.2 Å². The Labute approximate surface area is 171 Å². The fourth-order valence-electron chi connectivity index (χ4n) is 3.43. The van der Waals surface area contributed by atoms with Crippen molar-refractivity contribution >= 4 is 46.5 Å². The van der Waals surface area contributed by atoms with Crippen LogP contribution in [0.25, 0.3) is 0 Å². The van der Waals surface area contributed by atoms with Crippen molar-refractivity contribution in [2.45, 2.75) is 37.5 Å². The lowest BCUT2D eigenvalue weighted by molar-refractivity contribution is -0.115. The molecule has 1 atom stereocenters. The number of benzene rings is 1. The molecule has 8 heteroatoms. The molecular weight excluding hydrogens is 394 g/mol. The molecule has 0 spiro atoms. The normalized spacial score (nSPS) is 18.3. The number of anilines is 1. The summed E-state index contributed by atoms with van der Waals surface area (Å²) in [5.74, 6) is 0.565. The molecule has 2 heterocycles. The van der Waals surface area contributed by atoms with E-state index in [4.69, 9.17) is 0 Å².